The van der Waals surface area contributed by atoms with Crippen LogP contribution in [0.25, 0.3) is 11.1 Å². The molecule has 0 aliphatic carbocycles. The van der Waals surface area contributed by atoms with E-state index in [-0.39, 0.29) is 5.56 Å². The molecule has 0 saturated heterocycles. The van der Waals surface area contributed by atoms with E-state index >= 15 is 0 Å². The normalized spacial score (nSPS) is 10.6. The van der Waals surface area contributed by atoms with Gasteiger partial charge >= 0.3 is 0 Å². The number of anilines is 1. The van der Waals surface area contributed by atoms with Crippen molar-refractivity contribution in [3.8, 4) is 11.1 Å². The van der Waals surface area contributed by atoms with Gasteiger partial charge in [0.2, 0.25) is 0 Å². The van der Waals surface area contributed by atoms with Crippen LogP contribution in [0.2, 0.25) is 5.02 Å². The molecule has 0 aliphatic rings. The Morgan fingerprint density at radius 2 is 1.53 bits per heavy atom. The lowest BCUT2D eigenvalue weighted by molar-refractivity contribution is 0.448. The van der Waals surface area contributed by atoms with Crippen LogP contribution in [0.15, 0.2) is 30.3 Å². The van der Waals surface area contributed by atoms with Crippen molar-refractivity contribution in [1.82, 2.24) is 0 Å². The quantitative estimate of drug-likeness (QED) is 0.606. The second-order valence-corrected chi connectivity index (χ2v) is 3.92. The van der Waals surface area contributed by atoms with Crippen LogP contribution in [0.5, 0.6) is 0 Å². The molecule has 17 heavy (non-hydrogen) atoms. The fourth-order valence-corrected chi connectivity index (χ4v) is 1.66. The molecule has 2 N–H and O–H groups in total. The minimum atomic E-state index is -1.51. The van der Waals surface area contributed by atoms with E-state index < -0.39 is 17.5 Å². The minimum Gasteiger partial charge on any atom is -0.398 e. The molecule has 2 aromatic carbocycles. The van der Waals surface area contributed by atoms with Crippen LogP contribution in [0.4, 0.5) is 18.9 Å². The monoisotopic (exact) mass is 257 g/mol. The molecule has 0 bridgehead atoms. The highest BCUT2D eigenvalue weighted by Gasteiger charge is 2.13. The number of hydrogen-bond donors (Lipinski definition) is 1. The van der Waals surface area contributed by atoms with E-state index in [1.807, 2.05) is 0 Å². The molecule has 2 rings (SSSR count). The molecule has 0 atom stereocenters. The van der Waals surface area contributed by atoms with Crippen LogP contribution in [-0.2, 0) is 0 Å². The maximum absolute atomic E-state index is 13.1. The van der Waals surface area contributed by atoms with E-state index in [0.29, 0.717) is 16.3 Å². The highest BCUT2D eigenvalue weighted by molar-refractivity contribution is 6.31. The molecular weight excluding hydrogens is 251 g/mol. The molecular formula is C12H7ClF3N. The number of nitrogen functional groups attached to an aromatic ring is 1. The second kappa shape index (κ2) is 4.30. The predicted octanol–water partition coefficient (Wildman–Crippen LogP) is 4.01. The van der Waals surface area contributed by atoms with Gasteiger partial charge in [0.05, 0.1) is 0 Å². The molecule has 0 unspecified atom stereocenters. The molecule has 0 fully saturated rings. The third-order valence-corrected chi connectivity index (χ3v) is 2.55. The van der Waals surface area contributed by atoms with Gasteiger partial charge < -0.3 is 5.73 Å². The van der Waals surface area contributed by atoms with Crippen molar-refractivity contribution in [3.05, 3.63) is 52.8 Å². The van der Waals surface area contributed by atoms with Crippen molar-refractivity contribution in [3.63, 3.8) is 0 Å². The van der Waals surface area contributed by atoms with Crippen molar-refractivity contribution >= 4 is 17.3 Å². The van der Waals surface area contributed by atoms with Gasteiger partial charge in [-0.05, 0) is 35.9 Å². The molecule has 1 nitrogen and oxygen atoms in total. The molecule has 5 heteroatoms. The first-order valence-corrected chi connectivity index (χ1v) is 5.07. The lowest BCUT2D eigenvalue weighted by atomic mass is 10.0. The second-order valence-electron chi connectivity index (χ2n) is 3.49. The summed E-state index contributed by atoms with van der Waals surface area (Å²) in [5.74, 6) is -4.03. The van der Waals surface area contributed by atoms with Gasteiger partial charge in [-0.15, -0.1) is 0 Å². The smallest absolute Gasteiger partial charge is 0.194 e. The first kappa shape index (κ1) is 11.8. The van der Waals surface area contributed by atoms with Crippen LogP contribution in [0.3, 0.4) is 0 Å². The highest BCUT2D eigenvalue weighted by Crippen LogP contribution is 2.30. The van der Waals surface area contributed by atoms with E-state index in [4.69, 9.17) is 17.3 Å². The van der Waals surface area contributed by atoms with Crippen LogP contribution < -0.4 is 5.73 Å². The predicted molar refractivity (Wildman–Crippen MR) is 61.2 cm³/mol. The summed E-state index contributed by atoms with van der Waals surface area (Å²) in [5.41, 5.74) is 6.46. The average Bonchev–Trinajstić information content (AvgIpc) is 2.28. The maximum atomic E-state index is 13.1. The molecule has 0 saturated carbocycles. The molecule has 0 spiro atoms. The Kier molecular flexibility index (Phi) is 2.98. The van der Waals surface area contributed by atoms with E-state index in [1.54, 1.807) is 6.07 Å². The van der Waals surface area contributed by atoms with Crippen LogP contribution in [0.1, 0.15) is 0 Å². The summed E-state index contributed by atoms with van der Waals surface area (Å²) in [6.45, 7) is 0. The van der Waals surface area contributed by atoms with Crippen LogP contribution >= 0.6 is 11.6 Å². The van der Waals surface area contributed by atoms with Gasteiger partial charge in [0.25, 0.3) is 0 Å². The highest BCUT2D eigenvalue weighted by atomic mass is 35.5. The number of halogens is 4. The fourth-order valence-electron chi connectivity index (χ4n) is 1.49. The van der Waals surface area contributed by atoms with E-state index in [1.165, 1.54) is 12.1 Å². The van der Waals surface area contributed by atoms with Crippen molar-refractivity contribution in [2.45, 2.75) is 0 Å². The Bertz CT molecular complexity index is 561. The zero-order valence-electron chi connectivity index (χ0n) is 8.48. The molecule has 0 heterocycles. The van der Waals surface area contributed by atoms with Gasteiger partial charge in [-0.2, -0.15) is 0 Å². The zero-order valence-corrected chi connectivity index (χ0v) is 9.23. The maximum Gasteiger partial charge on any atom is 0.194 e. The summed E-state index contributed by atoms with van der Waals surface area (Å²) in [6.07, 6.45) is 0. The van der Waals surface area contributed by atoms with Gasteiger partial charge in [-0.1, -0.05) is 11.6 Å². The van der Waals surface area contributed by atoms with E-state index in [9.17, 15) is 13.2 Å². The van der Waals surface area contributed by atoms with Crippen molar-refractivity contribution < 1.29 is 13.2 Å². The van der Waals surface area contributed by atoms with Crippen LogP contribution in [0, 0.1) is 17.5 Å². The summed E-state index contributed by atoms with van der Waals surface area (Å²) in [6, 6.07) is 6.28. The van der Waals surface area contributed by atoms with Gasteiger partial charge in [0.1, 0.15) is 0 Å². The number of hydrogen-bond acceptors (Lipinski definition) is 1. The average molecular weight is 258 g/mol. The number of benzene rings is 2. The Labute approximate surface area is 101 Å². The van der Waals surface area contributed by atoms with Gasteiger partial charge in [-0.3, -0.25) is 0 Å². The molecule has 0 amide bonds. The third-order valence-electron chi connectivity index (χ3n) is 2.31. The van der Waals surface area contributed by atoms with Crippen molar-refractivity contribution in [1.29, 1.82) is 0 Å². The largest absolute Gasteiger partial charge is 0.398 e. The third kappa shape index (κ3) is 2.22. The van der Waals surface area contributed by atoms with E-state index in [0.717, 1.165) is 12.1 Å². The van der Waals surface area contributed by atoms with E-state index in [2.05, 4.69) is 0 Å². The standard InChI is InChI=1S/C12H7ClF3N/c13-7-1-2-11(17)8(5-7)6-3-9(14)12(16)10(15)4-6/h1-5H,17H2. The lowest BCUT2D eigenvalue weighted by Crippen LogP contribution is -1.95. The summed E-state index contributed by atoms with van der Waals surface area (Å²) < 4.78 is 38.9. The molecule has 0 aromatic heterocycles. The molecule has 2 aromatic rings. The van der Waals surface area contributed by atoms with Gasteiger partial charge in [0.15, 0.2) is 17.5 Å². The Balaban J connectivity index is 2.64. The lowest BCUT2D eigenvalue weighted by Gasteiger charge is -2.07. The minimum absolute atomic E-state index is 0.140. The summed E-state index contributed by atoms with van der Waals surface area (Å²) >= 11 is 5.76. The SMILES string of the molecule is Nc1ccc(Cl)cc1-c1cc(F)c(F)c(F)c1. The van der Waals surface area contributed by atoms with Crippen molar-refractivity contribution in [2.24, 2.45) is 0 Å². The topological polar surface area (TPSA) is 26.0 Å². The van der Waals surface area contributed by atoms with Crippen LogP contribution in [-0.4, -0.2) is 0 Å². The molecule has 0 radical (unpaired) electrons. The summed E-state index contributed by atoms with van der Waals surface area (Å²) in [7, 11) is 0. The summed E-state index contributed by atoms with van der Waals surface area (Å²) in [5, 5.41) is 0.374. The Morgan fingerprint density at radius 1 is 0.941 bits per heavy atom. The number of rotatable bonds is 1. The zero-order chi connectivity index (χ0) is 12.6. The van der Waals surface area contributed by atoms with Crippen molar-refractivity contribution in [2.75, 3.05) is 5.73 Å². The number of nitrogens with two attached hydrogens (primary N) is 1. The Morgan fingerprint density at radius 3 is 2.12 bits per heavy atom. The van der Waals surface area contributed by atoms with Gasteiger partial charge in [0, 0.05) is 16.3 Å². The first-order valence-electron chi connectivity index (χ1n) is 4.69. The fraction of sp³-hybridized carbons (Fsp3) is 0. The first-order chi connectivity index (χ1) is 7.99. The molecule has 0 aliphatic heterocycles. The Hall–Kier alpha value is -1.68. The van der Waals surface area contributed by atoms with Gasteiger partial charge in [-0.25, -0.2) is 13.2 Å². The molecule has 88 valence electrons. The summed E-state index contributed by atoms with van der Waals surface area (Å²) in [4.78, 5) is 0.